The van der Waals surface area contributed by atoms with Crippen LogP contribution in [0.15, 0.2) is 12.2 Å². The van der Waals surface area contributed by atoms with Gasteiger partial charge in [-0.15, -0.1) is 0 Å². The molecule has 1 aliphatic rings. The average Bonchev–Trinajstić information content (AvgIpc) is 2.15. The second kappa shape index (κ2) is 4.66. The topological polar surface area (TPSA) is 46.2 Å². The number of hydrogen-bond acceptors (Lipinski definition) is 3. The van der Waals surface area contributed by atoms with Gasteiger partial charge < -0.3 is 5.32 Å². The van der Waals surface area contributed by atoms with E-state index in [-0.39, 0.29) is 0 Å². The van der Waals surface area contributed by atoms with Crippen LogP contribution in [0, 0.1) is 0 Å². The lowest BCUT2D eigenvalue weighted by molar-refractivity contribution is 0.439. The maximum atomic E-state index is 11.5. The summed E-state index contributed by atoms with van der Waals surface area (Å²) in [5.74, 6) is 0. The lowest BCUT2D eigenvalue weighted by Gasteiger charge is -2.27. The van der Waals surface area contributed by atoms with Gasteiger partial charge in [0.15, 0.2) is 9.84 Å². The minimum atomic E-state index is -2.98. The first kappa shape index (κ1) is 12.7. The second-order valence-electron chi connectivity index (χ2n) is 4.89. The maximum absolute atomic E-state index is 11.5. The Morgan fingerprint density at radius 2 is 2.07 bits per heavy atom. The van der Waals surface area contributed by atoms with Gasteiger partial charge in [0.25, 0.3) is 0 Å². The highest BCUT2D eigenvalue weighted by Crippen LogP contribution is 2.16. The van der Waals surface area contributed by atoms with Gasteiger partial charge in [-0.2, -0.15) is 0 Å². The highest BCUT2D eigenvalue weighted by atomic mass is 32.2. The molecule has 3 nitrogen and oxygen atoms in total. The molecule has 88 valence electrons. The van der Waals surface area contributed by atoms with Crippen molar-refractivity contribution >= 4 is 9.84 Å². The molecule has 1 N–H and O–H groups in total. The predicted octanol–water partition coefficient (Wildman–Crippen LogP) is 1.51. The summed E-state index contributed by atoms with van der Waals surface area (Å²) in [5, 5.41) is 3.34. The fourth-order valence-electron chi connectivity index (χ4n) is 1.50. The van der Waals surface area contributed by atoms with Crippen LogP contribution in [-0.2, 0) is 9.84 Å². The van der Waals surface area contributed by atoms with Crippen LogP contribution in [0.25, 0.3) is 0 Å². The molecule has 0 spiro atoms. The average molecular weight is 231 g/mol. The lowest BCUT2D eigenvalue weighted by atomic mass is 10.0. The molecule has 1 atom stereocenters. The van der Waals surface area contributed by atoms with Gasteiger partial charge >= 0.3 is 0 Å². The molecule has 0 bridgehead atoms. The largest absolute Gasteiger partial charge is 0.312 e. The third-order valence-corrected chi connectivity index (χ3v) is 5.24. The third kappa shape index (κ3) is 3.61. The first-order valence-corrected chi connectivity index (χ1v) is 7.30. The molecule has 1 aliphatic carbocycles. The standard InChI is InChI=1S/C11H21NO2S/c1-11(2,15(3,13)14)9-12-10-7-5-4-6-8-10/h4-5,10,12H,6-9H2,1-3H3. The zero-order valence-electron chi connectivity index (χ0n) is 9.79. The molecule has 15 heavy (non-hydrogen) atoms. The smallest absolute Gasteiger partial charge is 0.153 e. The zero-order valence-corrected chi connectivity index (χ0v) is 10.6. The minimum Gasteiger partial charge on any atom is -0.312 e. The van der Waals surface area contributed by atoms with Crippen molar-refractivity contribution in [3.05, 3.63) is 12.2 Å². The molecule has 4 heteroatoms. The van der Waals surface area contributed by atoms with Gasteiger partial charge in [-0.25, -0.2) is 8.42 Å². The van der Waals surface area contributed by atoms with Gasteiger partial charge in [-0.05, 0) is 33.1 Å². The molecular formula is C11H21NO2S. The first-order chi connectivity index (χ1) is 6.83. The van der Waals surface area contributed by atoms with Gasteiger partial charge in [0.1, 0.15) is 0 Å². The number of rotatable bonds is 4. The molecule has 0 aromatic carbocycles. The third-order valence-electron chi connectivity index (χ3n) is 3.09. The van der Waals surface area contributed by atoms with E-state index >= 15 is 0 Å². The van der Waals surface area contributed by atoms with Crippen molar-refractivity contribution in [3.8, 4) is 0 Å². The van der Waals surface area contributed by atoms with Crippen LogP contribution in [0.4, 0.5) is 0 Å². The molecule has 0 aliphatic heterocycles. The summed E-state index contributed by atoms with van der Waals surface area (Å²) in [6.45, 7) is 4.08. The molecule has 1 rings (SSSR count). The minimum absolute atomic E-state index is 0.441. The van der Waals surface area contributed by atoms with Crippen LogP contribution in [0.3, 0.4) is 0 Å². The van der Waals surface area contributed by atoms with Crippen LogP contribution in [-0.4, -0.2) is 32.0 Å². The maximum Gasteiger partial charge on any atom is 0.153 e. The van der Waals surface area contributed by atoms with Crippen LogP contribution < -0.4 is 5.32 Å². The van der Waals surface area contributed by atoms with Crippen molar-refractivity contribution in [1.29, 1.82) is 0 Å². The highest BCUT2D eigenvalue weighted by molar-refractivity contribution is 7.92. The number of allylic oxidation sites excluding steroid dienone is 1. The molecule has 0 aromatic rings. The van der Waals surface area contributed by atoms with Gasteiger partial charge in [0.2, 0.25) is 0 Å². The summed E-state index contributed by atoms with van der Waals surface area (Å²) in [6, 6.07) is 0.441. The van der Waals surface area contributed by atoms with Crippen LogP contribution in [0.2, 0.25) is 0 Å². The lowest BCUT2D eigenvalue weighted by Crippen LogP contribution is -2.45. The van der Waals surface area contributed by atoms with Gasteiger partial charge in [-0.3, -0.25) is 0 Å². The SMILES string of the molecule is CC(C)(CNC1CC=CCC1)S(C)(=O)=O. The first-order valence-electron chi connectivity index (χ1n) is 5.41. The Bertz CT molecular complexity index is 330. The Labute approximate surface area is 92.9 Å². The van der Waals surface area contributed by atoms with Crippen LogP contribution in [0.5, 0.6) is 0 Å². The van der Waals surface area contributed by atoms with Crippen molar-refractivity contribution in [3.63, 3.8) is 0 Å². The Morgan fingerprint density at radius 3 is 2.53 bits per heavy atom. The van der Waals surface area contributed by atoms with E-state index in [0.717, 1.165) is 19.3 Å². The predicted molar refractivity (Wildman–Crippen MR) is 63.7 cm³/mol. The molecule has 0 heterocycles. The Kier molecular flexibility index (Phi) is 3.95. The Morgan fingerprint density at radius 1 is 1.40 bits per heavy atom. The fraction of sp³-hybridized carbons (Fsp3) is 0.818. The molecule has 0 aromatic heterocycles. The summed E-state index contributed by atoms with van der Waals surface area (Å²) in [4.78, 5) is 0. The molecule has 0 fully saturated rings. The molecule has 0 saturated heterocycles. The van der Waals surface area contributed by atoms with E-state index in [4.69, 9.17) is 0 Å². The molecule has 0 amide bonds. The van der Waals surface area contributed by atoms with Crippen molar-refractivity contribution in [2.75, 3.05) is 12.8 Å². The van der Waals surface area contributed by atoms with E-state index in [9.17, 15) is 8.42 Å². The number of nitrogens with one attached hydrogen (secondary N) is 1. The van der Waals surface area contributed by atoms with Gasteiger partial charge in [0, 0.05) is 18.8 Å². The van der Waals surface area contributed by atoms with E-state index in [1.807, 2.05) is 0 Å². The monoisotopic (exact) mass is 231 g/mol. The fourth-order valence-corrected chi connectivity index (χ4v) is 1.85. The summed E-state index contributed by atoms with van der Waals surface area (Å²) in [7, 11) is -2.98. The van der Waals surface area contributed by atoms with E-state index in [2.05, 4.69) is 17.5 Å². The van der Waals surface area contributed by atoms with Gasteiger partial charge in [-0.1, -0.05) is 12.2 Å². The summed E-state index contributed by atoms with van der Waals surface area (Å²) in [6.07, 6.45) is 8.86. The van der Waals surface area contributed by atoms with E-state index in [1.54, 1.807) is 13.8 Å². The van der Waals surface area contributed by atoms with E-state index in [0.29, 0.717) is 12.6 Å². The molecule has 0 saturated carbocycles. The van der Waals surface area contributed by atoms with Crippen LogP contribution in [0.1, 0.15) is 33.1 Å². The number of hydrogen-bond donors (Lipinski definition) is 1. The van der Waals surface area contributed by atoms with Crippen molar-refractivity contribution in [2.24, 2.45) is 0 Å². The van der Waals surface area contributed by atoms with Gasteiger partial charge in [0.05, 0.1) is 4.75 Å². The molecular weight excluding hydrogens is 210 g/mol. The van der Waals surface area contributed by atoms with Crippen molar-refractivity contribution in [1.82, 2.24) is 5.32 Å². The van der Waals surface area contributed by atoms with E-state index < -0.39 is 14.6 Å². The Balaban J connectivity index is 2.46. The molecule has 1 unspecified atom stereocenters. The summed E-state index contributed by atoms with van der Waals surface area (Å²) < 4.78 is 22.3. The summed E-state index contributed by atoms with van der Waals surface area (Å²) >= 11 is 0. The van der Waals surface area contributed by atoms with Crippen molar-refractivity contribution in [2.45, 2.75) is 43.9 Å². The van der Waals surface area contributed by atoms with E-state index in [1.165, 1.54) is 6.26 Å². The zero-order chi connectivity index (χ0) is 11.5. The normalized spacial score (nSPS) is 23.0. The quantitative estimate of drug-likeness (QED) is 0.746. The molecule has 0 radical (unpaired) electrons. The highest BCUT2D eigenvalue weighted by Gasteiger charge is 2.30. The van der Waals surface area contributed by atoms with Crippen molar-refractivity contribution < 1.29 is 8.42 Å². The second-order valence-corrected chi connectivity index (χ2v) is 7.54. The number of sulfone groups is 1. The Hall–Kier alpha value is -0.350. The summed E-state index contributed by atoms with van der Waals surface area (Å²) in [5.41, 5.74) is 0. The van der Waals surface area contributed by atoms with Crippen LogP contribution >= 0.6 is 0 Å².